The molecule has 2 atom stereocenters. The lowest BCUT2D eigenvalue weighted by Gasteiger charge is -2.28. The SMILES string of the molecule is CCCCC/C=C/CCC(O)CCCCCC(=O)OC(CC(=O)O)C[N+](C)(C)C. The minimum atomic E-state index is -0.957. The number of rotatable bonds is 18. The number of esters is 1. The van der Waals surface area contributed by atoms with E-state index in [9.17, 15) is 14.7 Å². The Hall–Kier alpha value is -1.40. The largest absolute Gasteiger partial charge is 0.481 e. The number of aliphatic hydroxyl groups excluding tert-OH is 1. The Bertz CT molecular complexity index is 470. The number of aliphatic carboxylic acids is 1. The molecule has 29 heavy (non-hydrogen) atoms. The lowest BCUT2D eigenvalue weighted by Crippen LogP contribution is -2.43. The van der Waals surface area contributed by atoms with E-state index in [1.807, 2.05) is 21.1 Å². The number of likely N-dealkylation sites (N-methyl/N-ethyl adjacent to an activating group) is 1. The Morgan fingerprint density at radius 1 is 0.966 bits per heavy atom. The van der Waals surface area contributed by atoms with E-state index >= 15 is 0 Å². The van der Waals surface area contributed by atoms with Gasteiger partial charge in [0.05, 0.1) is 33.7 Å². The highest BCUT2D eigenvalue weighted by Crippen LogP contribution is 2.12. The van der Waals surface area contributed by atoms with Gasteiger partial charge in [-0.15, -0.1) is 0 Å². The molecule has 0 heterocycles. The van der Waals surface area contributed by atoms with Gasteiger partial charge in [0.15, 0.2) is 6.10 Å². The predicted molar refractivity (Wildman–Crippen MR) is 117 cm³/mol. The number of hydrogen-bond donors (Lipinski definition) is 2. The summed E-state index contributed by atoms with van der Waals surface area (Å²) in [5, 5.41) is 19.0. The van der Waals surface area contributed by atoms with Crippen molar-refractivity contribution in [2.75, 3.05) is 27.7 Å². The molecular formula is C23H44NO5+. The lowest BCUT2D eigenvalue weighted by molar-refractivity contribution is -0.873. The van der Waals surface area contributed by atoms with Crippen molar-refractivity contribution in [3.05, 3.63) is 12.2 Å². The standard InChI is InChI=1S/C23H43NO5/c1-5-6-7-8-9-10-12-15-20(25)16-13-11-14-17-23(28)29-21(18-22(26)27)19-24(2,3)4/h9-10,20-21,25H,5-8,11-19H2,1-4H3/p+1/b10-9+. The van der Waals surface area contributed by atoms with Crippen LogP contribution in [0.2, 0.25) is 0 Å². The average molecular weight is 415 g/mol. The van der Waals surface area contributed by atoms with Crippen LogP contribution in [0.3, 0.4) is 0 Å². The Labute approximate surface area is 177 Å². The summed E-state index contributed by atoms with van der Waals surface area (Å²) in [5.41, 5.74) is 0. The van der Waals surface area contributed by atoms with Crippen LogP contribution in [0.5, 0.6) is 0 Å². The number of carboxylic acid groups (broad SMARTS) is 1. The average Bonchev–Trinajstić information content (AvgIpc) is 2.58. The number of carbonyl (C=O) groups excluding carboxylic acids is 1. The maximum absolute atomic E-state index is 12.0. The number of quaternary nitrogens is 1. The zero-order chi connectivity index (χ0) is 22.1. The molecule has 0 amide bonds. The third kappa shape index (κ3) is 19.7. The molecule has 0 aromatic heterocycles. The summed E-state index contributed by atoms with van der Waals surface area (Å²) in [6.07, 6.45) is 13.4. The van der Waals surface area contributed by atoms with Gasteiger partial charge in [-0.25, -0.2) is 0 Å². The number of allylic oxidation sites excluding steroid dienone is 2. The highest BCUT2D eigenvalue weighted by atomic mass is 16.5. The second-order valence-corrected chi connectivity index (χ2v) is 8.98. The first kappa shape index (κ1) is 27.6. The van der Waals surface area contributed by atoms with E-state index in [2.05, 4.69) is 19.1 Å². The van der Waals surface area contributed by atoms with Gasteiger partial charge < -0.3 is 19.4 Å². The van der Waals surface area contributed by atoms with Crippen LogP contribution in [0.25, 0.3) is 0 Å². The molecule has 0 rings (SSSR count). The van der Waals surface area contributed by atoms with Gasteiger partial charge >= 0.3 is 11.9 Å². The van der Waals surface area contributed by atoms with E-state index in [1.165, 1.54) is 19.3 Å². The predicted octanol–water partition coefficient (Wildman–Crippen LogP) is 4.31. The maximum atomic E-state index is 12.0. The minimum absolute atomic E-state index is 0.166. The molecule has 0 saturated heterocycles. The van der Waals surface area contributed by atoms with Crippen LogP contribution in [-0.2, 0) is 14.3 Å². The van der Waals surface area contributed by atoms with Crippen LogP contribution in [0.4, 0.5) is 0 Å². The molecule has 0 spiro atoms. The van der Waals surface area contributed by atoms with Crippen molar-refractivity contribution in [1.29, 1.82) is 0 Å². The van der Waals surface area contributed by atoms with Gasteiger partial charge in [0.2, 0.25) is 0 Å². The van der Waals surface area contributed by atoms with Gasteiger partial charge in [0.1, 0.15) is 6.54 Å². The molecule has 0 aliphatic heterocycles. The molecule has 0 aromatic carbocycles. The van der Waals surface area contributed by atoms with Crippen LogP contribution in [0.15, 0.2) is 12.2 Å². The van der Waals surface area contributed by atoms with Crippen molar-refractivity contribution in [3.63, 3.8) is 0 Å². The van der Waals surface area contributed by atoms with Gasteiger partial charge in [-0.3, -0.25) is 9.59 Å². The Morgan fingerprint density at radius 3 is 2.28 bits per heavy atom. The third-order valence-electron chi connectivity index (χ3n) is 4.68. The van der Waals surface area contributed by atoms with E-state index in [0.29, 0.717) is 23.9 Å². The fourth-order valence-corrected chi connectivity index (χ4v) is 3.20. The van der Waals surface area contributed by atoms with E-state index in [-0.39, 0.29) is 18.5 Å². The normalized spacial score (nSPS) is 14.1. The second-order valence-electron chi connectivity index (χ2n) is 8.98. The third-order valence-corrected chi connectivity index (χ3v) is 4.68. The van der Waals surface area contributed by atoms with Gasteiger partial charge in [0.25, 0.3) is 0 Å². The quantitative estimate of drug-likeness (QED) is 0.151. The van der Waals surface area contributed by atoms with E-state index < -0.39 is 12.1 Å². The van der Waals surface area contributed by atoms with Gasteiger partial charge in [-0.1, -0.05) is 44.8 Å². The van der Waals surface area contributed by atoms with Crippen molar-refractivity contribution in [2.24, 2.45) is 0 Å². The zero-order valence-corrected chi connectivity index (χ0v) is 19.1. The Kier molecular flexibility index (Phi) is 15.6. The summed E-state index contributed by atoms with van der Waals surface area (Å²) in [6.45, 7) is 2.67. The molecule has 6 nitrogen and oxygen atoms in total. The molecule has 170 valence electrons. The lowest BCUT2D eigenvalue weighted by atomic mass is 10.0. The molecule has 0 aliphatic carbocycles. The highest BCUT2D eigenvalue weighted by molar-refractivity contribution is 5.71. The van der Waals surface area contributed by atoms with Crippen molar-refractivity contribution in [2.45, 2.75) is 96.2 Å². The topological polar surface area (TPSA) is 83.8 Å². The first-order valence-electron chi connectivity index (χ1n) is 11.2. The van der Waals surface area contributed by atoms with Crippen molar-refractivity contribution in [3.8, 4) is 0 Å². The van der Waals surface area contributed by atoms with Crippen LogP contribution < -0.4 is 0 Å². The number of aliphatic hydroxyl groups is 1. The number of carbonyl (C=O) groups is 2. The number of unbranched alkanes of at least 4 members (excludes halogenated alkanes) is 5. The molecule has 0 radical (unpaired) electrons. The van der Waals surface area contributed by atoms with E-state index in [1.54, 1.807) is 0 Å². The minimum Gasteiger partial charge on any atom is -0.481 e. The van der Waals surface area contributed by atoms with Crippen LogP contribution in [-0.4, -0.2) is 66.5 Å². The van der Waals surface area contributed by atoms with Crippen LogP contribution in [0, 0.1) is 0 Å². The summed E-state index contributed by atoms with van der Waals surface area (Å²) in [4.78, 5) is 23.0. The van der Waals surface area contributed by atoms with E-state index in [4.69, 9.17) is 9.84 Å². The first-order chi connectivity index (χ1) is 13.6. The van der Waals surface area contributed by atoms with Crippen molar-refractivity contribution in [1.82, 2.24) is 0 Å². The molecule has 0 fully saturated rings. The zero-order valence-electron chi connectivity index (χ0n) is 19.1. The molecule has 0 bridgehead atoms. The molecule has 2 unspecified atom stereocenters. The van der Waals surface area contributed by atoms with E-state index in [0.717, 1.165) is 38.5 Å². The summed E-state index contributed by atoms with van der Waals surface area (Å²) >= 11 is 0. The van der Waals surface area contributed by atoms with Gasteiger partial charge in [-0.2, -0.15) is 0 Å². The van der Waals surface area contributed by atoms with Gasteiger partial charge in [0, 0.05) is 6.42 Å². The molecule has 0 aliphatic rings. The number of carboxylic acids is 1. The Balaban J connectivity index is 3.86. The Morgan fingerprint density at radius 2 is 1.66 bits per heavy atom. The summed E-state index contributed by atoms with van der Waals surface area (Å²) < 4.78 is 5.91. The second kappa shape index (κ2) is 16.4. The van der Waals surface area contributed by atoms with Crippen molar-refractivity contribution >= 4 is 11.9 Å². The summed E-state index contributed by atoms with van der Waals surface area (Å²) in [6, 6.07) is 0. The van der Waals surface area contributed by atoms with Crippen LogP contribution in [0.1, 0.15) is 84.0 Å². The molecule has 2 N–H and O–H groups in total. The highest BCUT2D eigenvalue weighted by Gasteiger charge is 2.24. The van der Waals surface area contributed by atoms with Gasteiger partial charge in [-0.05, 0) is 38.5 Å². The smallest absolute Gasteiger partial charge is 0.307 e. The fraction of sp³-hybridized carbons (Fsp3) is 0.826. The fourth-order valence-electron chi connectivity index (χ4n) is 3.20. The molecule has 0 saturated carbocycles. The van der Waals surface area contributed by atoms with Crippen molar-refractivity contribution < 1.29 is 29.0 Å². The molecule has 6 heteroatoms. The number of hydrogen-bond acceptors (Lipinski definition) is 4. The first-order valence-corrected chi connectivity index (χ1v) is 11.2. The summed E-state index contributed by atoms with van der Waals surface area (Å²) in [5.74, 6) is -1.29. The maximum Gasteiger partial charge on any atom is 0.307 e. The summed E-state index contributed by atoms with van der Waals surface area (Å²) in [7, 11) is 5.82. The monoisotopic (exact) mass is 414 g/mol. The number of ether oxygens (including phenoxy) is 1. The number of nitrogens with zero attached hydrogens (tertiary/aromatic N) is 1. The molecular weight excluding hydrogens is 370 g/mol. The van der Waals surface area contributed by atoms with Crippen LogP contribution >= 0.6 is 0 Å². The molecule has 0 aromatic rings.